The number of halogens is 3. The Labute approximate surface area is 235 Å². The SMILES string of the molecule is CCCc1nc(NCCCCC(N)CC)c(=C/C(Cl)=C(C)/C=C/C(O)=C\c2ccc(F)c(CC)c2)/c(=C/F)n1. The second kappa shape index (κ2) is 16.8. The summed E-state index contributed by atoms with van der Waals surface area (Å²) in [6, 6.07) is 4.90. The van der Waals surface area contributed by atoms with Crippen molar-refractivity contribution in [2.45, 2.75) is 78.7 Å². The van der Waals surface area contributed by atoms with Gasteiger partial charge in [0, 0.05) is 29.3 Å². The van der Waals surface area contributed by atoms with Crippen molar-refractivity contribution >= 4 is 35.9 Å². The molecule has 2 rings (SSSR count). The van der Waals surface area contributed by atoms with Crippen molar-refractivity contribution in [3.05, 3.63) is 80.1 Å². The van der Waals surface area contributed by atoms with Crippen molar-refractivity contribution in [1.29, 1.82) is 0 Å². The van der Waals surface area contributed by atoms with Crippen molar-refractivity contribution in [2.75, 3.05) is 11.9 Å². The summed E-state index contributed by atoms with van der Waals surface area (Å²) in [6.07, 6.45) is 12.6. The second-order valence-corrected chi connectivity index (χ2v) is 9.93. The lowest BCUT2D eigenvalue weighted by Crippen LogP contribution is -2.34. The number of rotatable bonds is 14. The average Bonchev–Trinajstić information content (AvgIpc) is 2.93. The fourth-order valence-electron chi connectivity index (χ4n) is 3.88. The number of nitrogens with zero attached hydrogens (tertiary/aromatic N) is 2. The van der Waals surface area contributed by atoms with Crippen LogP contribution in [0.15, 0.2) is 46.7 Å². The first-order chi connectivity index (χ1) is 18.7. The molecule has 1 aromatic carbocycles. The number of aliphatic hydroxyl groups excluding tert-OH is 1. The van der Waals surface area contributed by atoms with E-state index in [-0.39, 0.29) is 23.0 Å². The summed E-state index contributed by atoms with van der Waals surface area (Å²) >= 11 is 6.60. The Morgan fingerprint density at radius 3 is 2.62 bits per heavy atom. The zero-order valence-corrected chi connectivity index (χ0v) is 24.2. The summed E-state index contributed by atoms with van der Waals surface area (Å²) in [4.78, 5) is 9.00. The first-order valence-electron chi connectivity index (χ1n) is 13.6. The molecule has 0 saturated carbocycles. The first kappa shape index (κ1) is 32.2. The van der Waals surface area contributed by atoms with E-state index in [1.165, 1.54) is 12.1 Å². The number of benzene rings is 1. The Morgan fingerprint density at radius 2 is 1.95 bits per heavy atom. The van der Waals surface area contributed by atoms with Gasteiger partial charge in [-0.3, -0.25) is 0 Å². The topological polar surface area (TPSA) is 84.1 Å². The molecule has 212 valence electrons. The zero-order valence-electron chi connectivity index (χ0n) is 23.4. The standard InChI is InChI=1S/C31H41ClF2N4O/c1-5-10-30-37-29(20-33)26(31(38-30)36-16-9-8-11-24(35)7-3)19-27(32)21(4)12-14-25(39)18-22-13-15-28(34)23(6-2)17-22/h12-15,17-20,24,39H,5-11,16,35H2,1-4H3,(H,36,37,38)/b14-12+,25-18+,26-19+,27-21-,29-20-. The minimum Gasteiger partial charge on any atom is -0.508 e. The molecule has 1 aromatic heterocycles. The number of hydrogen-bond donors (Lipinski definition) is 3. The summed E-state index contributed by atoms with van der Waals surface area (Å²) in [6.45, 7) is 8.41. The fourth-order valence-corrected chi connectivity index (χ4v) is 4.05. The van der Waals surface area contributed by atoms with E-state index in [1.54, 1.807) is 37.3 Å². The van der Waals surface area contributed by atoms with Gasteiger partial charge in [0.15, 0.2) is 0 Å². The summed E-state index contributed by atoms with van der Waals surface area (Å²) in [5.74, 6) is 0.810. The monoisotopic (exact) mass is 558 g/mol. The maximum Gasteiger partial charge on any atom is 0.137 e. The maximum atomic E-state index is 13.9. The van der Waals surface area contributed by atoms with Crippen molar-refractivity contribution in [2.24, 2.45) is 5.73 Å². The van der Waals surface area contributed by atoms with Gasteiger partial charge in [0.1, 0.15) is 34.9 Å². The highest BCUT2D eigenvalue weighted by molar-refractivity contribution is 6.34. The van der Waals surface area contributed by atoms with E-state index in [2.05, 4.69) is 22.2 Å². The Hall–Kier alpha value is -3.03. The number of aryl methyl sites for hydroxylation is 2. The van der Waals surface area contributed by atoms with Crippen LogP contribution in [0, 0.1) is 5.82 Å². The summed E-state index contributed by atoms with van der Waals surface area (Å²) in [5, 5.41) is 14.7. The van der Waals surface area contributed by atoms with Crippen molar-refractivity contribution in [3.63, 3.8) is 0 Å². The van der Waals surface area contributed by atoms with Crippen LogP contribution in [-0.4, -0.2) is 27.7 Å². The molecule has 5 nitrogen and oxygen atoms in total. The average molecular weight is 559 g/mol. The third kappa shape index (κ3) is 10.6. The van der Waals surface area contributed by atoms with Gasteiger partial charge in [0.2, 0.25) is 0 Å². The lowest BCUT2D eigenvalue weighted by Gasteiger charge is -2.11. The lowest BCUT2D eigenvalue weighted by atomic mass is 10.1. The second-order valence-electron chi connectivity index (χ2n) is 9.52. The molecule has 0 saturated heterocycles. The Kier molecular flexibility index (Phi) is 13.9. The van der Waals surface area contributed by atoms with Gasteiger partial charge in [0.25, 0.3) is 0 Å². The van der Waals surface area contributed by atoms with Crippen LogP contribution < -0.4 is 21.6 Å². The summed E-state index contributed by atoms with van der Waals surface area (Å²) in [7, 11) is 0. The minimum absolute atomic E-state index is 0.0114. The van der Waals surface area contributed by atoms with Gasteiger partial charge >= 0.3 is 0 Å². The number of anilines is 1. The van der Waals surface area contributed by atoms with Crippen LogP contribution in [0.2, 0.25) is 0 Å². The van der Waals surface area contributed by atoms with Crippen LogP contribution in [0.4, 0.5) is 14.6 Å². The Balaban J connectivity index is 2.34. The molecule has 0 amide bonds. The minimum atomic E-state index is -0.267. The van der Waals surface area contributed by atoms with Gasteiger partial charge < -0.3 is 16.2 Å². The smallest absolute Gasteiger partial charge is 0.137 e. The Morgan fingerprint density at radius 1 is 1.18 bits per heavy atom. The van der Waals surface area contributed by atoms with E-state index in [9.17, 15) is 13.9 Å². The fraction of sp³-hybridized carbons (Fsp3) is 0.419. The van der Waals surface area contributed by atoms with E-state index in [0.29, 0.717) is 64.3 Å². The van der Waals surface area contributed by atoms with Crippen LogP contribution >= 0.6 is 11.6 Å². The molecule has 1 atom stereocenters. The molecule has 4 N–H and O–H groups in total. The van der Waals surface area contributed by atoms with Crippen molar-refractivity contribution in [1.82, 2.24) is 9.97 Å². The molecule has 8 heteroatoms. The number of allylic oxidation sites excluding steroid dienone is 4. The molecular weight excluding hydrogens is 518 g/mol. The highest BCUT2D eigenvalue weighted by Crippen LogP contribution is 2.16. The highest BCUT2D eigenvalue weighted by Gasteiger charge is 2.07. The number of hydrogen-bond acceptors (Lipinski definition) is 5. The first-order valence-corrected chi connectivity index (χ1v) is 14.0. The van der Waals surface area contributed by atoms with E-state index in [4.69, 9.17) is 17.3 Å². The van der Waals surface area contributed by atoms with Crippen LogP contribution in [0.25, 0.3) is 18.5 Å². The van der Waals surface area contributed by atoms with E-state index in [1.807, 2.05) is 13.8 Å². The van der Waals surface area contributed by atoms with Gasteiger partial charge in [-0.25, -0.2) is 18.7 Å². The van der Waals surface area contributed by atoms with Gasteiger partial charge in [-0.1, -0.05) is 50.9 Å². The predicted octanol–water partition coefficient (Wildman–Crippen LogP) is 6.61. The zero-order chi connectivity index (χ0) is 28.8. The molecule has 0 aliphatic rings. The largest absolute Gasteiger partial charge is 0.508 e. The number of aliphatic hydroxyl groups is 1. The van der Waals surface area contributed by atoms with Crippen molar-refractivity contribution in [3.8, 4) is 0 Å². The van der Waals surface area contributed by atoms with Gasteiger partial charge in [-0.05, 0) is 86.1 Å². The molecule has 0 spiro atoms. The molecule has 39 heavy (non-hydrogen) atoms. The molecule has 1 unspecified atom stereocenters. The van der Waals surface area contributed by atoms with Crippen LogP contribution in [0.1, 0.15) is 76.8 Å². The third-order valence-electron chi connectivity index (χ3n) is 6.33. The van der Waals surface area contributed by atoms with Gasteiger partial charge in [-0.15, -0.1) is 0 Å². The predicted molar refractivity (Wildman–Crippen MR) is 160 cm³/mol. The van der Waals surface area contributed by atoms with Crippen molar-refractivity contribution < 1.29 is 13.9 Å². The summed E-state index contributed by atoms with van der Waals surface area (Å²) < 4.78 is 27.7. The number of nitrogens with two attached hydrogens (primary N) is 1. The number of nitrogens with one attached hydrogen (secondary N) is 1. The van der Waals surface area contributed by atoms with E-state index < -0.39 is 0 Å². The van der Waals surface area contributed by atoms with E-state index in [0.717, 1.165) is 32.1 Å². The maximum absolute atomic E-state index is 13.9. The molecule has 1 heterocycles. The summed E-state index contributed by atoms with van der Waals surface area (Å²) in [5.41, 5.74) is 7.93. The van der Waals surface area contributed by atoms with E-state index >= 15 is 0 Å². The molecule has 0 fully saturated rings. The quantitative estimate of drug-likeness (QED) is 0.138. The lowest BCUT2D eigenvalue weighted by molar-refractivity contribution is 0.437. The van der Waals surface area contributed by atoms with Gasteiger partial charge in [0.05, 0.1) is 0 Å². The van der Waals surface area contributed by atoms with Crippen LogP contribution in [0.5, 0.6) is 0 Å². The van der Waals surface area contributed by atoms with Crippen LogP contribution in [-0.2, 0) is 12.8 Å². The number of unbranched alkanes of at least 4 members (excludes halogenated alkanes) is 1. The molecule has 0 aliphatic heterocycles. The molecule has 0 aliphatic carbocycles. The Bertz CT molecular complexity index is 1300. The molecule has 0 bridgehead atoms. The number of aromatic nitrogens is 2. The molecule has 2 aromatic rings. The normalized spacial score (nSPS) is 14.7. The molecular formula is C31H41ClF2N4O. The van der Waals surface area contributed by atoms with Crippen LogP contribution in [0.3, 0.4) is 0 Å². The molecule has 0 radical (unpaired) electrons. The highest BCUT2D eigenvalue weighted by atomic mass is 35.5. The van der Waals surface area contributed by atoms with Gasteiger partial charge in [-0.2, -0.15) is 0 Å². The third-order valence-corrected chi connectivity index (χ3v) is 6.74.